The first-order chi connectivity index (χ1) is 16.3. The molecular formula is C25H22N2O6S. The van der Waals surface area contributed by atoms with E-state index in [4.69, 9.17) is 9.47 Å². The van der Waals surface area contributed by atoms with Crippen molar-refractivity contribution in [3.05, 3.63) is 89.0 Å². The molecule has 0 radical (unpaired) electrons. The van der Waals surface area contributed by atoms with Crippen molar-refractivity contribution in [3.8, 4) is 11.5 Å². The molecule has 34 heavy (non-hydrogen) atoms. The van der Waals surface area contributed by atoms with E-state index in [2.05, 4.69) is 5.32 Å². The van der Waals surface area contributed by atoms with Gasteiger partial charge in [-0.25, -0.2) is 8.42 Å². The van der Waals surface area contributed by atoms with Crippen LogP contribution in [-0.2, 0) is 21.2 Å². The van der Waals surface area contributed by atoms with Crippen molar-refractivity contribution in [2.24, 2.45) is 0 Å². The quantitative estimate of drug-likeness (QED) is 0.585. The highest BCUT2D eigenvalue weighted by molar-refractivity contribution is 7.91. The predicted octanol–water partition coefficient (Wildman–Crippen LogP) is 2.97. The van der Waals surface area contributed by atoms with Crippen molar-refractivity contribution in [3.63, 3.8) is 0 Å². The zero-order valence-electron chi connectivity index (χ0n) is 18.4. The Morgan fingerprint density at radius 1 is 1.03 bits per heavy atom. The van der Waals surface area contributed by atoms with Gasteiger partial charge < -0.3 is 19.7 Å². The van der Waals surface area contributed by atoms with Crippen LogP contribution in [0.25, 0.3) is 0 Å². The molecule has 1 atom stereocenters. The normalized spacial score (nSPS) is 16.4. The molecule has 0 saturated carbocycles. The largest absolute Gasteiger partial charge is 0.454 e. The second-order valence-electron chi connectivity index (χ2n) is 8.22. The van der Waals surface area contributed by atoms with E-state index in [9.17, 15) is 18.0 Å². The number of rotatable bonds is 6. The van der Waals surface area contributed by atoms with Crippen LogP contribution in [0.5, 0.6) is 11.5 Å². The SMILES string of the molecule is Cc1ccc(S(=O)(=O)CNC(=O)[C@@H]2c3ccccc3C(=O)N2Cc2ccc3c(c2)OCO3)cc1. The molecule has 0 bridgehead atoms. The summed E-state index contributed by atoms with van der Waals surface area (Å²) in [7, 11) is -3.74. The van der Waals surface area contributed by atoms with E-state index >= 15 is 0 Å². The zero-order valence-corrected chi connectivity index (χ0v) is 19.2. The topological polar surface area (TPSA) is 102 Å². The van der Waals surface area contributed by atoms with E-state index < -0.39 is 27.7 Å². The molecule has 0 aromatic heterocycles. The monoisotopic (exact) mass is 478 g/mol. The van der Waals surface area contributed by atoms with E-state index in [1.54, 1.807) is 54.6 Å². The van der Waals surface area contributed by atoms with Gasteiger partial charge >= 0.3 is 0 Å². The summed E-state index contributed by atoms with van der Waals surface area (Å²) in [4.78, 5) is 28.0. The van der Waals surface area contributed by atoms with Gasteiger partial charge in [0.2, 0.25) is 12.7 Å². The lowest BCUT2D eigenvalue weighted by Crippen LogP contribution is -2.40. The van der Waals surface area contributed by atoms with Crippen LogP contribution >= 0.6 is 0 Å². The van der Waals surface area contributed by atoms with Gasteiger partial charge in [0.1, 0.15) is 11.9 Å². The number of hydrogen-bond donors (Lipinski definition) is 1. The Morgan fingerprint density at radius 3 is 2.56 bits per heavy atom. The number of carbonyl (C=O) groups excluding carboxylic acids is 2. The number of hydrogen-bond acceptors (Lipinski definition) is 6. The first-order valence-electron chi connectivity index (χ1n) is 10.7. The van der Waals surface area contributed by atoms with Crippen molar-refractivity contribution >= 4 is 21.7 Å². The molecule has 1 N–H and O–H groups in total. The minimum atomic E-state index is -3.74. The van der Waals surface area contributed by atoms with E-state index in [1.807, 2.05) is 6.92 Å². The molecule has 0 spiro atoms. The van der Waals surface area contributed by atoms with Crippen LogP contribution in [0.15, 0.2) is 71.6 Å². The first-order valence-corrected chi connectivity index (χ1v) is 12.3. The number of fused-ring (bicyclic) bond motifs is 2. The molecule has 2 aliphatic heterocycles. The molecule has 0 fully saturated rings. The van der Waals surface area contributed by atoms with E-state index in [1.165, 1.54) is 17.0 Å². The van der Waals surface area contributed by atoms with E-state index in [-0.39, 0.29) is 24.1 Å². The van der Waals surface area contributed by atoms with Gasteiger partial charge in [-0.15, -0.1) is 0 Å². The minimum absolute atomic E-state index is 0.124. The fourth-order valence-electron chi connectivity index (χ4n) is 4.14. The number of nitrogens with one attached hydrogen (secondary N) is 1. The van der Waals surface area contributed by atoms with Crippen LogP contribution in [0.3, 0.4) is 0 Å². The van der Waals surface area contributed by atoms with E-state index in [0.717, 1.165) is 11.1 Å². The molecule has 0 unspecified atom stereocenters. The molecule has 0 saturated heterocycles. The molecule has 8 nitrogen and oxygen atoms in total. The van der Waals surface area contributed by atoms with Crippen LogP contribution in [-0.4, -0.2) is 37.8 Å². The van der Waals surface area contributed by atoms with Gasteiger partial charge in [-0.2, -0.15) is 0 Å². The van der Waals surface area contributed by atoms with Crippen molar-refractivity contribution < 1.29 is 27.5 Å². The highest BCUT2D eigenvalue weighted by Gasteiger charge is 2.41. The summed E-state index contributed by atoms with van der Waals surface area (Å²) in [6.45, 7) is 2.14. The predicted molar refractivity (Wildman–Crippen MR) is 123 cm³/mol. The maximum absolute atomic E-state index is 13.3. The van der Waals surface area contributed by atoms with Crippen LogP contribution in [0.2, 0.25) is 0 Å². The van der Waals surface area contributed by atoms with Crippen molar-refractivity contribution in [2.45, 2.75) is 24.4 Å². The fraction of sp³-hybridized carbons (Fsp3) is 0.200. The standard InChI is InChI=1S/C25H22N2O6S/c1-16-6-9-18(10-7-16)34(30,31)14-26-24(28)23-19-4-2-3-5-20(19)25(29)27(23)13-17-8-11-21-22(12-17)33-15-32-21/h2-12,23H,13-15H2,1H3,(H,26,28)/t23-/m0/s1. The van der Waals surface area contributed by atoms with Crippen LogP contribution in [0, 0.1) is 6.92 Å². The Balaban J connectivity index is 1.39. The highest BCUT2D eigenvalue weighted by atomic mass is 32.2. The molecule has 2 aliphatic rings. The van der Waals surface area contributed by atoms with Gasteiger partial charge in [0.25, 0.3) is 5.91 Å². The summed E-state index contributed by atoms with van der Waals surface area (Å²) >= 11 is 0. The molecule has 2 heterocycles. The lowest BCUT2D eigenvalue weighted by atomic mass is 10.0. The second kappa shape index (κ2) is 8.49. The van der Waals surface area contributed by atoms with Gasteiger partial charge in [-0.1, -0.05) is 42.0 Å². The molecule has 3 aromatic carbocycles. The van der Waals surface area contributed by atoms with Crippen molar-refractivity contribution in [1.29, 1.82) is 0 Å². The Bertz CT molecular complexity index is 1380. The number of amides is 2. The Labute approximate surface area is 197 Å². The second-order valence-corrected chi connectivity index (χ2v) is 10.2. The maximum atomic E-state index is 13.3. The number of ether oxygens (including phenoxy) is 2. The molecule has 174 valence electrons. The van der Waals surface area contributed by atoms with Gasteiger partial charge in [0.15, 0.2) is 21.3 Å². The van der Waals surface area contributed by atoms with Gasteiger partial charge in [0, 0.05) is 12.1 Å². The van der Waals surface area contributed by atoms with Crippen LogP contribution in [0.1, 0.15) is 33.1 Å². The summed E-state index contributed by atoms with van der Waals surface area (Å²) in [5.41, 5.74) is 2.65. The summed E-state index contributed by atoms with van der Waals surface area (Å²) in [6.07, 6.45) is 0. The lowest BCUT2D eigenvalue weighted by molar-refractivity contribution is -0.125. The smallest absolute Gasteiger partial charge is 0.255 e. The van der Waals surface area contributed by atoms with E-state index in [0.29, 0.717) is 22.6 Å². The molecule has 0 aliphatic carbocycles. The Kier molecular flexibility index (Phi) is 5.49. The molecule has 3 aromatic rings. The fourth-order valence-corrected chi connectivity index (χ4v) is 5.19. The Morgan fingerprint density at radius 2 is 1.76 bits per heavy atom. The highest BCUT2D eigenvalue weighted by Crippen LogP contribution is 2.37. The zero-order chi connectivity index (χ0) is 23.9. The lowest BCUT2D eigenvalue weighted by Gasteiger charge is -2.25. The third kappa shape index (κ3) is 3.99. The number of nitrogens with zero attached hydrogens (tertiary/aromatic N) is 1. The average molecular weight is 479 g/mol. The summed E-state index contributed by atoms with van der Waals surface area (Å²) in [5.74, 6) is -0.230. The third-order valence-corrected chi connectivity index (χ3v) is 7.43. The number of benzene rings is 3. The summed E-state index contributed by atoms with van der Waals surface area (Å²) in [5, 5.41) is 2.53. The maximum Gasteiger partial charge on any atom is 0.255 e. The molecule has 2 amide bonds. The van der Waals surface area contributed by atoms with Crippen molar-refractivity contribution in [2.75, 3.05) is 12.7 Å². The summed E-state index contributed by atoms with van der Waals surface area (Å²) in [6, 6.07) is 17.7. The minimum Gasteiger partial charge on any atom is -0.454 e. The number of carbonyl (C=O) groups is 2. The molecule has 9 heteroatoms. The summed E-state index contributed by atoms with van der Waals surface area (Å²) < 4.78 is 36.2. The third-order valence-electron chi connectivity index (χ3n) is 5.91. The van der Waals surface area contributed by atoms with Crippen LogP contribution < -0.4 is 14.8 Å². The number of sulfone groups is 1. The van der Waals surface area contributed by atoms with Gasteiger partial charge in [-0.3, -0.25) is 9.59 Å². The van der Waals surface area contributed by atoms with Crippen molar-refractivity contribution in [1.82, 2.24) is 10.2 Å². The van der Waals surface area contributed by atoms with Crippen LogP contribution in [0.4, 0.5) is 0 Å². The first kappa shape index (κ1) is 22.0. The molecular weight excluding hydrogens is 456 g/mol. The molecule has 5 rings (SSSR count). The van der Waals surface area contributed by atoms with Gasteiger partial charge in [-0.05, 0) is 48.4 Å². The Hall–Kier alpha value is -3.85. The average Bonchev–Trinajstić information content (AvgIpc) is 3.40. The number of aryl methyl sites for hydroxylation is 1. The van der Waals surface area contributed by atoms with Gasteiger partial charge in [0.05, 0.1) is 4.90 Å².